The van der Waals surface area contributed by atoms with Gasteiger partial charge in [0.15, 0.2) is 0 Å². The third kappa shape index (κ3) is 3.81. The van der Waals surface area contributed by atoms with E-state index in [2.05, 4.69) is 14.7 Å². The number of imidazole rings is 1. The molecule has 1 fully saturated rings. The van der Waals surface area contributed by atoms with Crippen LogP contribution >= 0.6 is 0 Å². The summed E-state index contributed by atoms with van der Waals surface area (Å²) in [5.41, 5.74) is 0. The van der Waals surface area contributed by atoms with Gasteiger partial charge in [0.25, 0.3) is 0 Å². The van der Waals surface area contributed by atoms with Crippen molar-refractivity contribution in [2.75, 3.05) is 5.75 Å². The molecule has 102 valence electrons. The number of nitrogens with zero attached hydrogens (tertiary/aromatic N) is 1. The second-order valence-corrected chi connectivity index (χ2v) is 6.90. The minimum Gasteiger partial charge on any atom is -0.347 e. The van der Waals surface area contributed by atoms with Crippen molar-refractivity contribution in [2.24, 2.45) is 5.92 Å². The molecule has 0 spiro atoms. The standard InChI is InChI=1S/C12H21N3O2S/c1-10(12-13-7-8-14-12)15-18(16,17)9-11-5-3-2-4-6-11/h7-8,10-11,15H,2-6,9H2,1H3,(H,13,14). The number of nitrogens with one attached hydrogen (secondary N) is 2. The van der Waals surface area contributed by atoms with Crippen molar-refractivity contribution >= 4 is 10.0 Å². The number of aromatic amines is 1. The number of hydrogen-bond acceptors (Lipinski definition) is 3. The number of hydrogen-bond donors (Lipinski definition) is 2. The van der Waals surface area contributed by atoms with Crippen molar-refractivity contribution in [3.8, 4) is 0 Å². The lowest BCUT2D eigenvalue weighted by molar-refractivity contribution is 0.383. The summed E-state index contributed by atoms with van der Waals surface area (Å²) in [6.45, 7) is 1.80. The van der Waals surface area contributed by atoms with Gasteiger partial charge in [0.05, 0.1) is 11.8 Å². The number of aromatic nitrogens is 2. The Morgan fingerprint density at radius 3 is 2.78 bits per heavy atom. The molecule has 5 nitrogen and oxygen atoms in total. The van der Waals surface area contributed by atoms with Crippen LogP contribution in [0.15, 0.2) is 12.4 Å². The maximum absolute atomic E-state index is 12.1. The van der Waals surface area contributed by atoms with E-state index in [9.17, 15) is 8.42 Å². The maximum atomic E-state index is 12.1. The second kappa shape index (κ2) is 5.84. The van der Waals surface area contributed by atoms with E-state index in [0.29, 0.717) is 11.7 Å². The normalized spacial score (nSPS) is 19.8. The van der Waals surface area contributed by atoms with Crippen molar-refractivity contribution in [3.05, 3.63) is 18.2 Å². The molecule has 1 aromatic rings. The Kier molecular flexibility index (Phi) is 4.40. The van der Waals surface area contributed by atoms with Crippen molar-refractivity contribution in [1.29, 1.82) is 0 Å². The van der Waals surface area contributed by atoms with Crippen LogP contribution in [0.3, 0.4) is 0 Å². The third-order valence-electron chi connectivity index (χ3n) is 3.47. The smallest absolute Gasteiger partial charge is 0.212 e. The minimum absolute atomic E-state index is 0.248. The molecule has 1 aromatic heterocycles. The molecule has 2 rings (SSSR count). The maximum Gasteiger partial charge on any atom is 0.212 e. The van der Waals surface area contributed by atoms with Crippen molar-refractivity contribution < 1.29 is 8.42 Å². The highest BCUT2D eigenvalue weighted by molar-refractivity contribution is 7.89. The quantitative estimate of drug-likeness (QED) is 0.859. The highest BCUT2D eigenvalue weighted by Gasteiger charge is 2.23. The number of sulfonamides is 1. The van der Waals surface area contributed by atoms with Crippen molar-refractivity contribution in [2.45, 2.75) is 45.1 Å². The van der Waals surface area contributed by atoms with Gasteiger partial charge in [-0.05, 0) is 25.7 Å². The fraction of sp³-hybridized carbons (Fsp3) is 0.750. The van der Waals surface area contributed by atoms with Crippen molar-refractivity contribution in [1.82, 2.24) is 14.7 Å². The van der Waals surface area contributed by atoms with Gasteiger partial charge < -0.3 is 4.98 Å². The van der Waals surface area contributed by atoms with Crippen LogP contribution in [0, 0.1) is 5.92 Å². The molecule has 1 heterocycles. The Hall–Kier alpha value is -0.880. The summed E-state index contributed by atoms with van der Waals surface area (Å²) in [5, 5.41) is 0. The van der Waals surface area contributed by atoms with E-state index in [-0.39, 0.29) is 11.8 Å². The highest BCUT2D eigenvalue weighted by atomic mass is 32.2. The van der Waals surface area contributed by atoms with E-state index in [1.807, 2.05) is 0 Å². The van der Waals surface area contributed by atoms with Crippen LogP contribution in [0.5, 0.6) is 0 Å². The van der Waals surface area contributed by atoms with Crippen LogP contribution in [-0.4, -0.2) is 24.1 Å². The molecule has 1 saturated carbocycles. The van der Waals surface area contributed by atoms with Crippen molar-refractivity contribution in [3.63, 3.8) is 0 Å². The van der Waals surface area contributed by atoms with E-state index in [1.54, 1.807) is 19.3 Å². The predicted octanol–water partition coefficient (Wildman–Crippen LogP) is 1.97. The first kappa shape index (κ1) is 13.5. The lowest BCUT2D eigenvalue weighted by Crippen LogP contribution is -2.33. The SMILES string of the molecule is CC(NS(=O)(=O)CC1CCCCC1)c1ncc[nH]1. The zero-order chi connectivity index (χ0) is 13.0. The summed E-state index contributed by atoms with van der Waals surface area (Å²) in [5.74, 6) is 1.22. The molecule has 1 aliphatic rings. The molecular weight excluding hydrogens is 250 g/mol. The van der Waals surface area contributed by atoms with Gasteiger partial charge >= 0.3 is 0 Å². The fourth-order valence-electron chi connectivity index (χ4n) is 2.55. The van der Waals surface area contributed by atoms with E-state index in [4.69, 9.17) is 0 Å². The lowest BCUT2D eigenvalue weighted by Gasteiger charge is -2.22. The average molecular weight is 271 g/mol. The highest BCUT2D eigenvalue weighted by Crippen LogP contribution is 2.25. The van der Waals surface area contributed by atoms with Gasteiger partial charge in [-0.15, -0.1) is 0 Å². The van der Waals surface area contributed by atoms with Crippen LogP contribution in [0.2, 0.25) is 0 Å². The first-order valence-electron chi connectivity index (χ1n) is 6.56. The van der Waals surface area contributed by atoms with E-state index in [0.717, 1.165) is 25.7 Å². The number of rotatable bonds is 5. The molecule has 2 N–H and O–H groups in total. The lowest BCUT2D eigenvalue weighted by atomic mass is 9.91. The largest absolute Gasteiger partial charge is 0.347 e. The van der Waals surface area contributed by atoms with E-state index >= 15 is 0 Å². The fourth-order valence-corrected chi connectivity index (χ4v) is 4.25. The molecule has 0 saturated heterocycles. The molecule has 0 radical (unpaired) electrons. The van der Waals surface area contributed by atoms with Crippen LogP contribution < -0.4 is 4.72 Å². The molecule has 6 heteroatoms. The summed E-state index contributed by atoms with van der Waals surface area (Å²) >= 11 is 0. The monoisotopic (exact) mass is 271 g/mol. The molecule has 0 amide bonds. The Morgan fingerprint density at radius 1 is 1.44 bits per heavy atom. The zero-order valence-electron chi connectivity index (χ0n) is 10.7. The summed E-state index contributed by atoms with van der Waals surface area (Å²) in [4.78, 5) is 6.99. The molecule has 18 heavy (non-hydrogen) atoms. The molecule has 1 aliphatic carbocycles. The van der Waals surface area contributed by atoms with Gasteiger partial charge in [0, 0.05) is 12.4 Å². The molecule has 0 bridgehead atoms. The second-order valence-electron chi connectivity index (χ2n) is 5.10. The topological polar surface area (TPSA) is 74.8 Å². The van der Waals surface area contributed by atoms with Gasteiger partial charge in [-0.3, -0.25) is 0 Å². The third-order valence-corrected chi connectivity index (χ3v) is 5.09. The summed E-state index contributed by atoms with van der Waals surface area (Å²) in [6, 6.07) is -0.298. The van der Waals surface area contributed by atoms with Gasteiger partial charge in [0.2, 0.25) is 10.0 Å². The molecular formula is C12H21N3O2S. The minimum atomic E-state index is -3.22. The molecule has 0 aliphatic heterocycles. The molecule has 0 aromatic carbocycles. The van der Waals surface area contributed by atoms with Crippen LogP contribution in [0.4, 0.5) is 0 Å². The summed E-state index contributed by atoms with van der Waals surface area (Å²) in [7, 11) is -3.22. The Labute approximate surface area is 108 Å². The summed E-state index contributed by atoms with van der Waals surface area (Å²) < 4.78 is 26.8. The van der Waals surface area contributed by atoms with Gasteiger partial charge in [-0.25, -0.2) is 18.1 Å². The zero-order valence-corrected chi connectivity index (χ0v) is 11.5. The van der Waals surface area contributed by atoms with E-state index < -0.39 is 10.0 Å². The van der Waals surface area contributed by atoms with Gasteiger partial charge in [-0.2, -0.15) is 0 Å². The summed E-state index contributed by atoms with van der Waals surface area (Å²) in [6.07, 6.45) is 8.96. The van der Waals surface area contributed by atoms with Crippen LogP contribution in [0.25, 0.3) is 0 Å². The van der Waals surface area contributed by atoms with E-state index in [1.165, 1.54) is 6.42 Å². The first-order chi connectivity index (χ1) is 8.57. The Morgan fingerprint density at radius 2 is 2.17 bits per heavy atom. The first-order valence-corrected chi connectivity index (χ1v) is 8.21. The van der Waals surface area contributed by atoms with Crippen LogP contribution in [-0.2, 0) is 10.0 Å². The predicted molar refractivity (Wildman–Crippen MR) is 70.5 cm³/mol. The molecule has 1 unspecified atom stereocenters. The number of H-pyrrole nitrogens is 1. The average Bonchev–Trinajstić information content (AvgIpc) is 2.82. The Balaban J connectivity index is 1.90. The van der Waals surface area contributed by atoms with Gasteiger partial charge in [-0.1, -0.05) is 19.3 Å². The van der Waals surface area contributed by atoms with Crippen LogP contribution in [0.1, 0.15) is 50.9 Å². The molecule has 1 atom stereocenters. The van der Waals surface area contributed by atoms with Gasteiger partial charge in [0.1, 0.15) is 5.82 Å². The Bertz CT molecular complexity index is 450.